The first-order valence-electron chi connectivity index (χ1n) is 6.18. The lowest BCUT2D eigenvalue weighted by Crippen LogP contribution is -2.10. The Morgan fingerprint density at radius 3 is 2.67 bits per heavy atom. The van der Waals surface area contributed by atoms with Gasteiger partial charge in [-0.3, -0.25) is 0 Å². The first kappa shape index (κ1) is 14.9. The zero-order chi connectivity index (χ0) is 13.4. The van der Waals surface area contributed by atoms with Crippen LogP contribution in [0.1, 0.15) is 32.3 Å². The smallest absolute Gasteiger partial charge is 0.135 e. The van der Waals surface area contributed by atoms with Crippen molar-refractivity contribution < 1.29 is 9.13 Å². The van der Waals surface area contributed by atoms with Crippen molar-refractivity contribution in [3.05, 3.63) is 29.6 Å². The fourth-order valence-electron chi connectivity index (χ4n) is 1.59. The van der Waals surface area contributed by atoms with E-state index in [0.717, 1.165) is 12.8 Å². The van der Waals surface area contributed by atoms with Crippen molar-refractivity contribution in [3.63, 3.8) is 0 Å². The Morgan fingerprint density at radius 2 is 2.06 bits per heavy atom. The number of halogens is 2. The highest BCUT2D eigenvalue weighted by molar-refractivity contribution is 6.19. The summed E-state index contributed by atoms with van der Waals surface area (Å²) in [7, 11) is 0. The number of benzene rings is 1. The van der Waals surface area contributed by atoms with E-state index in [9.17, 15) is 4.39 Å². The lowest BCUT2D eigenvalue weighted by molar-refractivity contribution is 0.240. The molecule has 0 radical (unpaired) electrons. The lowest BCUT2D eigenvalue weighted by Gasteiger charge is -2.14. The minimum Gasteiger partial charge on any atom is -0.492 e. The molecule has 0 saturated heterocycles. The molecule has 98 valence electrons. The molecule has 0 heterocycles. The monoisotopic (exact) mass is 268 g/mol. The lowest BCUT2D eigenvalue weighted by atomic mass is 10.1. The maximum atomic E-state index is 13.1. The Kier molecular flexibility index (Phi) is 6.60. The van der Waals surface area contributed by atoms with Crippen LogP contribution in [0.2, 0.25) is 0 Å². The van der Waals surface area contributed by atoms with E-state index in [0.29, 0.717) is 23.8 Å². The van der Waals surface area contributed by atoms with Crippen LogP contribution in [0, 0.1) is 23.6 Å². The van der Waals surface area contributed by atoms with Gasteiger partial charge in [0, 0.05) is 0 Å². The Bertz CT molecular complexity index is 430. The van der Waals surface area contributed by atoms with Gasteiger partial charge in [0.15, 0.2) is 0 Å². The summed E-state index contributed by atoms with van der Waals surface area (Å²) in [5, 5.41) is 0. The van der Waals surface area contributed by atoms with Crippen LogP contribution >= 0.6 is 11.6 Å². The summed E-state index contributed by atoms with van der Waals surface area (Å²) in [4.78, 5) is 0. The minimum absolute atomic E-state index is 0.225. The standard InChI is InChI=1S/C15H18ClFO/c1-3-12(4-2)11-18-15-8-7-14(17)10-13(15)6-5-9-16/h7-8,10,12H,3-4,9,11H2,1-2H3. The van der Waals surface area contributed by atoms with Crippen molar-refractivity contribution in [3.8, 4) is 17.6 Å². The molecule has 1 rings (SSSR count). The second-order valence-corrected chi connectivity index (χ2v) is 4.34. The first-order chi connectivity index (χ1) is 8.71. The van der Waals surface area contributed by atoms with Crippen molar-refractivity contribution in [2.75, 3.05) is 12.5 Å². The van der Waals surface area contributed by atoms with Gasteiger partial charge in [-0.25, -0.2) is 4.39 Å². The van der Waals surface area contributed by atoms with Crippen LogP contribution < -0.4 is 4.74 Å². The van der Waals surface area contributed by atoms with Crippen LogP contribution in [0.4, 0.5) is 4.39 Å². The van der Waals surface area contributed by atoms with Crippen molar-refractivity contribution in [1.82, 2.24) is 0 Å². The van der Waals surface area contributed by atoms with Crippen LogP contribution in [0.25, 0.3) is 0 Å². The summed E-state index contributed by atoms with van der Waals surface area (Å²) in [5.41, 5.74) is 0.557. The van der Waals surface area contributed by atoms with Crippen LogP contribution in [-0.4, -0.2) is 12.5 Å². The van der Waals surface area contributed by atoms with Crippen LogP contribution in [-0.2, 0) is 0 Å². The number of rotatable bonds is 5. The zero-order valence-electron chi connectivity index (χ0n) is 10.8. The Labute approximate surface area is 113 Å². The second kappa shape index (κ2) is 8.00. The van der Waals surface area contributed by atoms with Crippen molar-refractivity contribution in [1.29, 1.82) is 0 Å². The summed E-state index contributed by atoms with van der Waals surface area (Å²) >= 11 is 5.51. The molecule has 0 unspecified atom stereocenters. The van der Waals surface area contributed by atoms with Gasteiger partial charge >= 0.3 is 0 Å². The van der Waals surface area contributed by atoms with Gasteiger partial charge in [0.2, 0.25) is 0 Å². The Balaban J connectivity index is 2.81. The maximum Gasteiger partial charge on any atom is 0.135 e. The van der Waals surface area contributed by atoms with Gasteiger partial charge in [0.1, 0.15) is 11.6 Å². The number of alkyl halides is 1. The molecule has 0 bridgehead atoms. The normalized spacial score (nSPS) is 10.1. The van der Waals surface area contributed by atoms with Gasteiger partial charge in [0.05, 0.1) is 18.1 Å². The predicted octanol–water partition coefficient (Wildman–Crippen LogP) is 4.23. The highest BCUT2D eigenvalue weighted by Gasteiger charge is 2.07. The van der Waals surface area contributed by atoms with E-state index < -0.39 is 0 Å². The van der Waals surface area contributed by atoms with Crippen LogP contribution in [0.5, 0.6) is 5.75 Å². The van der Waals surface area contributed by atoms with Gasteiger partial charge < -0.3 is 4.74 Å². The van der Waals surface area contributed by atoms with Gasteiger partial charge in [-0.2, -0.15) is 0 Å². The van der Waals surface area contributed by atoms with E-state index in [1.54, 1.807) is 6.07 Å². The number of ether oxygens (including phenoxy) is 1. The van der Waals surface area contributed by atoms with Gasteiger partial charge in [-0.05, 0) is 24.1 Å². The molecule has 18 heavy (non-hydrogen) atoms. The van der Waals surface area contributed by atoms with E-state index in [2.05, 4.69) is 25.7 Å². The first-order valence-corrected chi connectivity index (χ1v) is 6.71. The molecular formula is C15H18ClFO. The molecular weight excluding hydrogens is 251 g/mol. The third-order valence-corrected chi connectivity index (χ3v) is 2.99. The molecule has 0 fully saturated rings. The van der Waals surface area contributed by atoms with Gasteiger partial charge in [-0.1, -0.05) is 38.5 Å². The van der Waals surface area contributed by atoms with E-state index >= 15 is 0 Å². The highest BCUT2D eigenvalue weighted by Crippen LogP contribution is 2.20. The minimum atomic E-state index is -0.316. The fraction of sp³-hybridized carbons (Fsp3) is 0.467. The summed E-state index contributed by atoms with van der Waals surface area (Å²) < 4.78 is 18.9. The van der Waals surface area contributed by atoms with Crippen molar-refractivity contribution in [2.45, 2.75) is 26.7 Å². The molecule has 0 atom stereocenters. The third kappa shape index (κ3) is 4.58. The Hall–Kier alpha value is -1.20. The average molecular weight is 269 g/mol. The SMILES string of the molecule is CCC(CC)COc1ccc(F)cc1C#CCCl. The molecule has 1 aromatic rings. The highest BCUT2D eigenvalue weighted by atomic mass is 35.5. The zero-order valence-corrected chi connectivity index (χ0v) is 11.6. The van der Waals surface area contributed by atoms with E-state index in [1.165, 1.54) is 12.1 Å². The maximum absolute atomic E-state index is 13.1. The summed E-state index contributed by atoms with van der Waals surface area (Å²) in [6.45, 7) is 4.90. The topological polar surface area (TPSA) is 9.23 Å². The quantitative estimate of drug-likeness (QED) is 0.574. The average Bonchev–Trinajstić information content (AvgIpc) is 2.39. The van der Waals surface area contributed by atoms with E-state index in [1.807, 2.05) is 0 Å². The molecule has 0 saturated carbocycles. The van der Waals surface area contributed by atoms with Crippen molar-refractivity contribution >= 4 is 11.6 Å². The molecule has 0 aliphatic carbocycles. The summed E-state index contributed by atoms with van der Waals surface area (Å²) in [6.07, 6.45) is 2.14. The van der Waals surface area contributed by atoms with Gasteiger partial charge in [0.25, 0.3) is 0 Å². The fourth-order valence-corrected chi connectivity index (χ4v) is 1.65. The summed E-state index contributed by atoms with van der Waals surface area (Å²) in [5.74, 6) is 6.59. The molecule has 0 aliphatic rings. The number of hydrogen-bond acceptors (Lipinski definition) is 1. The number of hydrogen-bond donors (Lipinski definition) is 0. The molecule has 0 spiro atoms. The molecule has 1 aromatic carbocycles. The van der Waals surface area contributed by atoms with Crippen molar-refractivity contribution in [2.24, 2.45) is 5.92 Å². The molecule has 0 N–H and O–H groups in total. The van der Waals surface area contributed by atoms with E-state index in [-0.39, 0.29) is 11.7 Å². The van der Waals surface area contributed by atoms with Crippen LogP contribution in [0.3, 0.4) is 0 Å². The van der Waals surface area contributed by atoms with E-state index in [4.69, 9.17) is 16.3 Å². The molecule has 1 nitrogen and oxygen atoms in total. The molecule has 3 heteroatoms. The Morgan fingerprint density at radius 1 is 1.33 bits per heavy atom. The summed E-state index contributed by atoms with van der Waals surface area (Å²) in [6, 6.07) is 4.38. The second-order valence-electron chi connectivity index (χ2n) is 4.07. The largest absolute Gasteiger partial charge is 0.492 e. The van der Waals surface area contributed by atoms with Gasteiger partial charge in [-0.15, -0.1) is 11.6 Å². The molecule has 0 aromatic heterocycles. The predicted molar refractivity (Wildman–Crippen MR) is 73.6 cm³/mol. The molecule has 0 amide bonds. The molecule has 0 aliphatic heterocycles. The third-order valence-electron chi connectivity index (χ3n) is 2.86. The van der Waals surface area contributed by atoms with Crippen LogP contribution in [0.15, 0.2) is 18.2 Å².